The maximum Gasteiger partial charge on any atom is 0.209 e. The van der Waals surface area contributed by atoms with Gasteiger partial charge in [0.15, 0.2) is 11.5 Å². The van der Waals surface area contributed by atoms with Crippen LogP contribution in [-0.4, -0.2) is 60.4 Å². The van der Waals surface area contributed by atoms with E-state index < -0.39 is 6.35 Å². The first-order chi connectivity index (χ1) is 15.9. The normalized spacial score (nSPS) is 18.7. The Labute approximate surface area is 196 Å². The Hall–Kier alpha value is -3.03. The molecular formula is C26H34N4O3. The van der Waals surface area contributed by atoms with Gasteiger partial charge < -0.3 is 30.1 Å². The molecule has 1 unspecified atom stereocenters. The molecule has 4 rings (SSSR count). The molecule has 0 saturated heterocycles. The summed E-state index contributed by atoms with van der Waals surface area (Å²) in [5, 5.41) is 11.3. The van der Waals surface area contributed by atoms with E-state index in [0.29, 0.717) is 37.8 Å². The average molecular weight is 451 g/mol. The molecule has 0 saturated carbocycles. The highest BCUT2D eigenvalue weighted by Gasteiger charge is 2.36. The van der Waals surface area contributed by atoms with Crippen LogP contribution in [0.25, 0.3) is 5.70 Å². The highest BCUT2D eigenvalue weighted by Crippen LogP contribution is 2.40. The van der Waals surface area contributed by atoms with Crippen molar-refractivity contribution in [2.75, 3.05) is 33.4 Å². The molecule has 0 spiro atoms. The van der Waals surface area contributed by atoms with Gasteiger partial charge >= 0.3 is 0 Å². The Morgan fingerprint density at radius 1 is 1.12 bits per heavy atom. The first kappa shape index (κ1) is 23.1. The van der Waals surface area contributed by atoms with E-state index in [0.717, 1.165) is 40.2 Å². The summed E-state index contributed by atoms with van der Waals surface area (Å²) in [6, 6.07) is 8.33. The molecule has 0 aromatic heterocycles. The predicted molar refractivity (Wildman–Crippen MR) is 132 cm³/mol. The zero-order valence-corrected chi connectivity index (χ0v) is 20.2. The number of aryl methyl sites for hydroxylation is 3. The van der Waals surface area contributed by atoms with Gasteiger partial charge in [-0.2, -0.15) is 0 Å². The van der Waals surface area contributed by atoms with E-state index in [2.05, 4.69) is 45.0 Å². The van der Waals surface area contributed by atoms with Crippen molar-refractivity contribution in [2.45, 2.75) is 40.5 Å². The Balaban J connectivity index is 1.88. The smallest absolute Gasteiger partial charge is 0.209 e. The fourth-order valence-corrected chi connectivity index (χ4v) is 4.81. The minimum Gasteiger partial charge on any atom is -0.493 e. The molecule has 0 fully saturated rings. The van der Waals surface area contributed by atoms with Gasteiger partial charge in [-0.05, 0) is 62.9 Å². The van der Waals surface area contributed by atoms with E-state index in [4.69, 9.17) is 20.2 Å². The third-order valence-electron chi connectivity index (χ3n) is 6.25. The summed E-state index contributed by atoms with van der Waals surface area (Å²) >= 11 is 0. The van der Waals surface area contributed by atoms with Crippen molar-refractivity contribution in [3.05, 3.63) is 58.2 Å². The Morgan fingerprint density at radius 2 is 1.85 bits per heavy atom. The van der Waals surface area contributed by atoms with E-state index in [1.165, 1.54) is 11.1 Å². The molecule has 3 N–H and O–H groups in total. The Morgan fingerprint density at radius 3 is 2.48 bits per heavy atom. The molecule has 176 valence electrons. The summed E-state index contributed by atoms with van der Waals surface area (Å²) in [6.07, 6.45) is 2.01. The lowest BCUT2D eigenvalue weighted by atomic mass is 9.94. The van der Waals surface area contributed by atoms with Crippen LogP contribution in [0.15, 0.2) is 35.3 Å². The number of benzene rings is 2. The molecule has 0 amide bonds. The standard InChI is InChI=1S/C26H34N4O3/c1-6-33-23-13-19-7-9-29-21(20(19)14-22(23)32-5)15-24(30(10-8-27)26(29)31)28-25-17(3)11-16(2)12-18(25)4/h11-15,26,31H,6-10,27H2,1-5H3/b28-24+. The van der Waals surface area contributed by atoms with Crippen LogP contribution in [-0.2, 0) is 6.42 Å². The molecule has 2 aromatic rings. The van der Waals surface area contributed by atoms with E-state index in [9.17, 15) is 5.11 Å². The van der Waals surface area contributed by atoms with Crippen molar-refractivity contribution < 1.29 is 14.6 Å². The molecular weight excluding hydrogens is 416 g/mol. The zero-order valence-electron chi connectivity index (χ0n) is 20.2. The molecule has 2 aliphatic heterocycles. The Bertz CT molecular complexity index is 1090. The van der Waals surface area contributed by atoms with Crippen LogP contribution < -0.4 is 15.2 Å². The number of aliphatic hydroxyl groups excluding tert-OH is 1. The van der Waals surface area contributed by atoms with Gasteiger partial charge in [-0.15, -0.1) is 0 Å². The second-order valence-corrected chi connectivity index (χ2v) is 8.61. The topological polar surface area (TPSA) is 83.5 Å². The molecule has 0 aliphatic carbocycles. The Kier molecular flexibility index (Phi) is 6.63. The molecule has 1 atom stereocenters. The molecule has 2 aliphatic rings. The second-order valence-electron chi connectivity index (χ2n) is 8.61. The molecule has 0 radical (unpaired) electrons. The van der Waals surface area contributed by atoms with Crippen LogP contribution >= 0.6 is 0 Å². The predicted octanol–water partition coefficient (Wildman–Crippen LogP) is 3.50. The number of nitrogens with zero attached hydrogens (tertiary/aromatic N) is 3. The number of hydrogen-bond donors (Lipinski definition) is 2. The molecule has 7 heteroatoms. The largest absolute Gasteiger partial charge is 0.493 e. The van der Waals surface area contributed by atoms with Gasteiger partial charge in [-0.3, -0.25) is 0 Å². The minimum absolute atomic E-state index is 0.418. The number of rotatable bonds is 6. The summed E-state index contributed by atoms with van der Waals surface area (Å²) in [5.41, 5.74) is 13.4. The third-order valence-corrected chi connectivity index (χ3v) is 6.25. The van der Waals surface area contributed by atoms with Crippen molar-refractivity contribution in [3.8, 4) is 11.5 Å². The molecule has 2 heterocycles. The third kappa shape index (κ3) is 4.30. The number of hydrogen-bond acceptors (Lipinski definition) is 6. The summed E-state index contributed by atoms with van der Waals surface area (Å²) < 4.78 is 11.4. The second kappa shape index (κ2) is 9.45. The number of amidine groups is 1. The molecule has 0 bridgehead atoms. The summed E-state index contributed by atoms with van der Waals surface area (Å²) in [4.78, 5) is 8.91. The maximum absolute atomic E-state index is 11.3. The van der Waals surface area contributed by atoms with Gasteiger partial charge in [0.1, 0.15) is 5.84 Å². The summed E-state index contributed by atoms with van der Waals surface area (Å²) in [7, 11) is 1.65. The first-order valence-electron chi connectivity index (χ1n) is 11.5. The lowest BCUT2D eigenvalue weighted by Crippen LogP contribution is -2.55. The van der Waals surface area contributed by atoms with Crippen LogP contribution in [0.1, 0.15) is 34.7 Å². The van der Waals surface area contributed by atoms with Crippen LogP contribution in [0.4, 0.5) is 5.69 Å². The highest BCUT2D eigenvalue weighted by atomic mass is 16.5. The van der Waals surface area contributed by atoms with Gasteiger partial charge in [-0.1, -0.05) is 17.7 Å². The number of ether oxygens (including phenoxy) is 2. The number of methoxy groups -OCH3 is 1. The number of fused-ring (bicyclic) bond motifs is 3. The van der Waals surface area contributed by atoms with E-state index in [1.807, 2.05) is 22.8 Å². The van der Waals surface area contributed by atoms with E-state index in [1.54, 1.807) is 7.11 Å². The quantitative estimate of drug-likeness (QED) is 0.701. The van der Waals surface area contributed by atoms with E-state index >= 15 is 0 Å². The molecule has 2 aromatic carbocycles. The number of nitrogens with two attached hydrogens (primary N) is 1. The van der Waals surface area contributed by atoms with E-state index in [-0.39, 0.29) is 0 Å². The van der Waals surface area contributed by atoms with Crippen molar-refractivity contribution in [1.29, 1.82) is 0 Å². The van der Waals surface area contributed by atoms with Crippen molar-refractivity contribution in [2.24, 2.45) is 10.7 Å². The van der Waals surface area contributed by atoms with Crippen LogP contribution in [0.2, 0.25) is 0 Å². The van der Waals surface area contributed by atoms with Crippen molar-refractivity contribution in [3.63, 3.8) is 0 Å². The fourth-order valence-electron chi connectivity index (χ4n) is 4.81. The average Bonchev–Trinajstić information content (AvgIpc) is 2.78. The van der Waals surface area contributed by atoms with Crippen LogP contribution in [0.5, 0.6) is 11.5 Å². The molecule has 7 nitrogen and oxygen atoms in total. The maximum atomic E-state index is 11.3. The minimum atomic E-state index is -0.843. The number of aliphatic hydroxyl groups is 1. The monoisotopic (exact) mass is 450 g/mol. The van der Waals surface area contributed by atoms with Gasteiger partial charge in [0.25, 0.3) is 0 Å². The summed E-state index contributed by atoms with van der Waals surface area (Å²) in [6.45, 7) is 10.4. The van der Waals surface area contributed by atoms with Gasteiger partial charge in [0, 0.05) is 31.3 Å². The molecule has 33 heavy (non-hydrogen) atoms. The van der Waals surface area contributed by atoms with Gasteiger partial charge in [-0.25, -0.2) is 4.99 Å². The van der Waals surface area contributed by atoms with Crippen LogP contribution in [0.3, 0.4) is 0 Å². The van der Waals surface area contributed by atoms with Crippen molar-refractivity contribution in [1.82, 2.24) is 9.80 Å². The number of aliphatic imine (C=N–C) groups is 1. The lowest BCUT2D eigenvalue weighted by Gasteiger charge is -2.45. The first-order valence-corrected chi connectivity index (χ1v) is 11.5. The summed E-state index contributed by atoms with van der Waals surface area (Å²) in [5.74, 6) is 2.13. The SMILES string of the molecule is CCOc1cc2c(cc1OC)C1=C/C(=N\c3c(C)cc(C)cc3C)N(CCN)C(O)N1CC2. The van der Waals surface area contributed by atoms with Crippen molar-refractivity contribution >= 4 is 17.2 Å². The zero-order chi connectivity index (χ0) is 23.7. The lowest BCUT2D eigenvalue weighted by molar-refractivity contribution is -0.0522. The highest BCUT2D eigenvalue weighted by molar-refractivity contribution is 6.02. The fraction of sp³-hybridized carbons (Fsp3) is 0.423. The van der Waals surface area contributed by atoms with Crippen LogP contribution in [0, 0.1) is 20.8 Å². The van der Waals surface area contributed by atoms with Gasteiger partial charge in [0.05, 0.1) is 25.1 Å². The van der Waals surface area contributed by atoms with Gasteiger partial charge in [0.2, 0.25) is 6.35 Å².